The van der Waals surface area contributed by atoms with Gasteiger partial charge in [0.05, 0.1) is 18.5 Å². The van der Waals surface area contributed by atoms with Gasteiger partial charge in [-0.2, -0.15) is 0 Å². The number of hydrogen-bond acceptors (Lipinski definition) is 6. The lowest BCUT2D eigenvalue weighted by atomic mass is 10.1. The van der Waals surface area contributed by atoms with Crippen LogP contribution in [0.2, 0.25) is 0 Å². The standard InChI is InChI=1S/C23H28F2N4O4/c1-4-27(13(3)30)9-14-10-28(12-19(14)25)22-18(24)8-16-20(31)17(23(32)33-5-2)11-29(15-6-7-15)21(16)26-22/h8,11,14-15,19H,4-7,9-10,12H2,1-3H3. The normalized spacial score (nSPS) is 20.3. The van der Waals surface area contributed by atoms with Crippen LogP contribution in [0.3, 0.4) is 0 Å². The van der Waals surface area contributed by atoms with Crippen molar-refractivity contribution >= 4 is 28.7 Å². The summed E-state index contributed by atoms with van der Waals surface area (Å²) < 4.78 is 36.6. The van der Waals surface area contributed by atoms with Gasteiger partial charge in [-0.15, -0.1) is 0 Å². The summed E-state index contributed by atoms with van der Waals surface area (Å²) >= 11 is 0. The van der Waals surface area contributed by atoms with Crippen molar-refractivity contribution in [2.75, 3.05) is 37.7 Å². The Bertz CT molecular complexity index is 1150. The highest BCUT2D eigenvalue weighted by Crippen LogP contribution is 2.37. The zero-order chi connectivity index (χ0) is 23.9. The molecular weight excluding hydrogens is 434 g/mol. The number of anilines is 1. The monoisotopic (exact) mass is 462 g/mol. The number of esters is 1. The average molecular weight is 462 g/mol. The van der Waals surface area contributed by atoms with Crippen molar-refractivity contribution in [1.82, 2.24) is 14.5 Å². The molecule has 1 amide bonds. The van der Waals surface area contributed by atoms with Gasteiger partial charge in [0.2, 0.25) is 11.3 Å². The number of nitrogens with zero attached hydrogens (tertiary/aromatic N) is 4. The molecule has 0 spiro atoms. The van der Waals surface area contributed by atoms with E-state index in [2.05, 4.69) is 4.98 Å². The fraction of sp³-hybridized carbons (Fsp3) is 0.565. The van der Waals surface area contributed by atoms with E-state index in [1.54, 1.807) is 16.4 Å². The fourth-order valence-electron chi connectivity index (χ4n) is 4.38. The zero-order valence-corrected chi connectivity index (χ0v) is 19.0. The minimum absolute atomic E-state index is 0.00464. The Morgan fingerprint density at radius 1 is 1.27 bits per heavy atom. The summed E-state index contributed by atoms with van der Waals surface area (Å²) in [6.07, 6.45) is 1.90. The lowest BCUT2D eigenvalue weighted by Gasteiger charge is -2.24. The largest absolute Gasteiger partial charge is 0.462 e. The van der Waals surface area contributed by atoms with Crippen LogP contribution in [0.4, 0.5) is 14.6 Å². The van der Waals surface area contributed by atoms with Crippen LogP contribution in [0.25, 0.3) is 11.0 Å². The zero-order valence-electron chi connectivity index (χ0n) is 19.0. The van der Waals surface area contributed by atoms with Crippen LogP contribution in [0, 0.1) is 11.7 Å². The molecule has 2 aromatic heterocycles. The molecule has 0 radical (unpaired) electrons. The third-order valence-electron chi connectivity index (χ3n) is 6.32. The first-order valence-electron chi connectivity index (χ1n) is 11.3. The molecule has 0 N–H and O–H groups in total. The van der Waals surface area contributed by atoms with E-state index in [4.69, 9.17) is 4.74 Å². The molecule has 0 bridgehead atoms. The minimum atomic E-state index is -1.24. The topological polar surface area (TPSA) is 84.7 Å². The molecule has 10 heteroatoms. The van der Waals surface area contributed by atoms with Crippen LogP contribution < -0.4 is 10.3 Å². The van der Waals surface area contributed by atoms with Crippen LogP contribution in [-0.2, 0) is 9.53 Å². The Kier molecular flexibility index (Phi) is 6.36. The van der Waals surface area contributed by atoms with E-state index in [1.165, 1.54) is 18.0 Å². The number of fused-ring (bicyclic) bond motifs is 1. The van der Waals surface area contributed by atoms with E-state index < -0.39 is 29.3 Å². The number of carbonyl (C=O) groups is 2. The molecule has 1 aliphatic carbocycles. The number of amides is 1. The summed E-state index contributed by atoms with van der Waals surface area (Å²) in [5.41, 5.74) is -0.523. The summed E-state index contributed by atoms with van der Waals surface area (Å²) in [7, 11) is 0. The Labute approximate surface area is 190 Å². The van der Waals surface area contributed by atoms with Crippen molar-refractivity contribution in [2.24, 2.45) is 5.92 Å². The predicted molar refractivity (Wildman–Crippen MR) is 119 cm³/mol. The number of aromatic nitrogens is 2. The molecule has 33 heavy (non-hydrogen) atoms. The van der Waals surface area contributed by atoms with Crippen LogP contribution >= 0.6 is 0 Å². The van der Waals surface area contributed by atoms with Crippen molar-refractivity contribution in [1.29, 1.82) is 0 Å². The van der Waals surface area contributed by atoms with E-state index in [1.807, 2.05) is 6.92 Å². The number of hydrogen-bond donors (Lipinski definition) is 0. The molecule has 1 saturated carbocycles. The van der Waals surface area contributed by atoms with Crippen molar-refractivity contribution < 1.29 is 23.1 Å². The maximum Gasteiger partial charge on any atom is 0.343 e. The van der Waals surface area contributed by atoms with Gasteiger partial charge in [-0.05, 0) is 32.8 Å². The second kappa shape index (κ2) is 9.07. The molecule has 2 atom stereocenters. The van der Waals surface area contributed by atoms with Crippen molar-refractivity contribution in [3.05, 3.63) is 33.9 Å². The second-order valence-corrected chi connectivity index (χ2v) is 8.63. The molecule has 2 aromatic rings. The maximum atomic E-state index is 15.1. The van der Waals surface area contributed by atoms with Crippen LogP contribution in [-0.4, -0.2) is 65.3 Å². The molecular formula is C23H28F2N4O4. The highest BCUT2D eigenvalue weighted by molar-refractivity contribution is 5.93. The molecule has 8 nitrogen and oxygen atoms in total. The number of rotatable bonds is 7. The van der Waals surface area contributed by atoms with E-state index in [9.17, 15) is 18.8 Å². The lowest BCUT2D eigenvalue weighted by molar-refractivity contribution is -0.129. The Balaban J connectivity index is 1.71. The molecule has 0 aromatic carbocycles. The molecule has 3 heterocycles. The van der Waals surface area contributed by atoms with Gasteiger partial charge in [-0.25, -0.2) is 18.6 Å². The lowest BCUT2D eigenvalue weighted by Crippen LogP contribution is -2.36. The van der Waals surface area contributed by atoms with E-state index in [0.29, 0.717) is 6.54 Å². The SMILES string of the molecule is CCOC(=O)c1cn(C2CC2)c2nc(N3CC(F)C(CN(CC)C(C)=O)C3)c(F)cc2c1=O. The van der Waals surface area contributed by atoms with Crippen molar-refractivity contribution in [3.8, 4) is 0 Å². The summed E-state index contributed by atoms with van der Waals surface area (Å²) in [4.78, 5) is 44.4. The molecule has 2 aliphatic rings. The van der Waals surface area contributed by atoms with Gasteiger partial charge in [0, 0.05) is 44.7 Å². The molecule has 4 rings (SSSR count). The summed E-state index contributed by atoms with van der Waals surface area (Å²) in [5.74, 6) is -2.14. The summed E-state index contributed by atoms with van der Waals surface area (Å²) in [6.45, 7) is 5.89. The average Bonchev–Trinajstić information content (AvgIpc) is 3.55. The minimum Gasteiger partial charge on any atom is -0.462 e. The third-order valence-corrected chi connectivity index (χ3v) is 6.32. The molecule has 2 unspecified atom stereocenters. The maximum absolute atomic E-state index is 15.1. The fourth-order valence-corrected chi connectivity index (χ4v) is 4.38. The highest BCUT2D eigenvalue weighted by Gasteiger charge is 2.37. The van der Waals surface area contributed by atoms with Gasteiger partial charge in [0.1, 0.15) is 17.4 Å². The van der Waals surface area contributed by atoms with Crippen molar-refractivity contribution in [3.63, 3.8) is 0 Å². The molecule has 1 saturated heterocycles. The van der Waals surface area contributed by atoms with Crippen LogP contribution in [0.5, 0.6) is 0 Å². The van der Waals surface area contributed by atoms with Crippen molar-refractivity contribution in [2.45, 2.75) is 45.8 Å². The number of halogens is 2. The quantitative estimate of drug-likeness (QED) is 0.589. The van der Waals surface area contributed by atoms with E-state index in [0.717, 1.165) is 18.9 Å². The Hall–Kier alpha value is -3.04. The highest BCUT2D eigenvalue weighted by atomic mass is 19.1. The number of alkyl halides is 1. The molecule has 178 valence electrons. The smallest absolute Gasteiger partial charge is 0.343 e. The van der Waals surface area contributed by atoms with E-state index in [-0.39, 0.29) is 60.6 Å². The van der Waals surface area contributed by atoms with Gasteiger partial charge in [-0.1, -0.05) is 0 Å². The third kappa shape index (κ3) is 4.43. The van der Waals surface area contributed by atoms with Gasteiger partial charge < -0.3 is 19.1 Å². The van der Waals surface area contributed by atoms with Crippen LogP contribution in [0.15, 0.2) is 17.1 Å². The first-order valence-corrected chi connectivity index (χ1v) is 11.3. The van der Waals surface area contributed by atoms with Crippen LogP contribution in [0.1, 0.15) is 50.0 Å². The number of ether oxygens (including phenoxy) is 1. The number of carbonyl (C=O) groups excluding carboxylic acids is 2. The Morgan fingerprint density at radius 2 is 2.00 bits per heavy atom. The first-order chi connectivity index (χ1) is 15.7. The van der Waals surface area contributed by atoms with E-state index >= 15 is 4.39 Å². The second-order valence-electron chi connectivity index (χ2n) is 8.63. The summed E-state index contributed by atoms with van der Waals surface area (Å²) in [6, 6.07) is 1.14. The van der Waals surface area contributed by atoms with Gasteiger partial charge in [0.25, 0.3) is 0 Å². The Morgan fingerprint density at radius 3 is 2.61 bits per heavy atom. The first kappa shape index (κ1) is 23.1. The summed E-state index contributed by atoms with van der Waals surface area (Å²) in [5, 5.41) is -0.00464. The van der Waals surface area contributed by atoms with Gasteiger partial charge in [-0.3, -0.25) is 9.59 Å². The van der Waals surface area contributed by atoms with Gasteiger partial charge >= 0.3 is 5.97 Å². The molecule has 1 aliphatic heterocycles. The number of pyridine rings is 2. The van der Waals surface area contributed by atoms with Gasteiger partial charge in [0.15, 0.2) is 11.6 Å². The molecule has 2 fully saturated rings. The predicted octanol–water partition coefficient (Wildman–Crippen LogP) is 2.69.